The fourth-order valence-corrected chi connectivity index (χ4v) is 3.70. The number of aliphatic hydroxyl groups is 1. The van der Waals surface area contributed by atoms with Crippen molar-refractivity contribution in [3.05, 3.63) is 42.8 Å². The van der Waals surface area contributed by atoms with Crippen LogP contribution in [0.15, 0.2) is 30.3 Å². The van der Waals surface area contributed by atoms with Gasteiger partial charge in [0.15, 0.2) is 5.78 Å². The van der Waals surface area contributed by atoms with Crippen LogP contribution in [-0.2, 0) is 28.8 Å². The number of Topliss-reactive ketones (excluding diaryl/α,β-unsaturated/α-hetero) is 1. The third kappa shape index (κ3) is 9.32. The number of amides is 5. The second kappa shape index (κ2) is 15.5. The molecular weight excluding hydrogens is 496 g/mol. The first-order chi connectivity index (χ1) is 17.8. The molecule has 5 atom stereocenters. The van der Waals surface area contributed by atoms with E-state index >= 15 is 0 Å². The summed E-state index contributed by atoms with van der Waals surface area (Å²) in [7, 11) is 0. The Labute approximate surface area is 221 Å². The molecule has 0 bridgehead atoms. The molecule has 0 saturated heterocycles. The molecule has 0 aliphatic heterocycles. The number of rotatable bonds is 16. The largest absolute Gasteiger partial charge is 0.394 e. The number of hydrogen-bond donors (Lipinski definition) is 6. The van der Waals surface area contributed by atoms with Crippen molar-refractivity contribution in [2.24, 2.45) is 28.9 Å². The highest BCUT2D eigenvalue weighted by atomic mass is 16.3. The second-order valence-corrected chi connectivity index (χ2v) is 8.84. The Bertz CT molecular complexity index is 1000. The number of carbonyl (C=O) groups excluding carboxylic acids is 6. The summed E-state index contributed by atoms with van der Waals surface area (Å²) in [6.45, 7) is 4.59. The van der Waals surface area contributed by atoms with Crippen LogP contribution in [0.4, 0.5) is 0 Å². The van der Waals surface area contributed by atoms with Crippen molar-refractivity contribution in [1.82, 2.24) is 10.2 Å². The molecule has 13 nitrogen and oxygen atoms in total. The Kier molecular flexibility index (Phi) is 13.2. The first-order valence-corrected chi connectivity index (χ1v) is 12.1. The average molecular weight is 534 g/mol. The zero-order chi connectivity index (χ0) is 29.0. The quantitative estimate of drug-likeness (QED) is 0.140. The molecule has 1 radical (unpaired) electrons. The molecule has 1 rings (SSSR count). The third-order valence-corrected chi connectivity index (χ3v) is 5.80. The van der Waals surface area contributed by atoms with Crippen molar-refractivity contribution in [2.75, 3.05) is 6.61 Å². The van der Waals surface area contributed by atoms with Crippen LogP contribution in [-0.4, -0.2) is 70.1 Å². The van der Waals surface area contributed by atoms with Crippen LogP contribution in [0.25, 0.3) is 0 Å². The summed E-state index contributed by atoms with van der Waals surface area (Å²) in [6, 6.07) is 2.50. The number of primary amides is 2. The summed E-state index contributed by atoms with van der Waals surface area (Å²) in [6.07, 6.45) is -0.933. The van der Waals surface area contributed by atoms with Gasteiger partial charge in [-0.05, 0) is 25.3 Å². The standard InChI is InChI=1S/C25H37N6O7/c1-3-7-21(35)30-17(13-32)25(38)31(24(37)16(26)10-11-19(27)33)18(12-20(28)34)23(36)14(2)22(29)15-8-5-4-6-9-15/h4-6,8-9,14,16-18,22,32H,2-3,7,10-13,26,29H2,1H3,(H2,27,33)(H2,28,34)(H,30,35)/t14?,16-,17-,18-,22?/m0/s1. The monoisotopic (exact) mass is 533 g/mol. The summed E-state index contributed by atoms with van der Waals surface area (Å²) < 4.78 is 0. The maximum Gasteiger partial charge on any atom is 0.254 e. The minimum Gasteiger partial charge on any atom is -0.394 e. The van der Waals surface area contributed by atoms with Gasteiger partial charge < -0.3 is 33.4 Å². The van der Waals surface area contributed by atoms with Gasteiger partial charge in [0.25, 0.3) is 5.91 Å². The van der Waals surface area contributed by atoms with E-state index in [0.717, 1.165) is 0 Å². The van der Waals surface area contributed by atoms with Gasteiger partial charge in [0.2, 0.25) is 23.6 Å². The molecular formula is C25H37N6O7. The minimum atomic E-state index is -1.80. The van der Waals surface area contributed by atoms with Crippen LogP contribution < -0.4 is 28.3 Å². The highest BCUT2D eigenvalue weighted by Crippen LogP contribution is 2.24. The fraction of sp³-hybridized carbons (Fsp3) is 0.480. The van der Waals surface area contributed by atoms with Crippen molar-refractivity contribution < 1.29 is 33.9 Å². The van der Waals surface area contributed by atoms with Gasteiger partial charge >= 0.3 is 0 Å². The number of benzene rings is 1. The molecule has 209 valence electrons. The lowest BCUT2D eigenvalue weighted by atomic mass is 9.86. The molecule has 0 aromatic heterocycles. The number of nitrogens with one attached hydrogen (secondary N) is 1. The molecule has 0 spiro atoms. The molecule has 0 heterocycles. The lowest BCUT2D eigenvalue weighted by Crippen LogP contribution is -2.61. The van der Waals surface area contributed by atoms with Crippen LogP contribution in [0, 0.1) is 12.8 Å². The van der Waals surface area contributed by atoms with Crippen molar-refractivity contribution in [3.63, 3.8) is 0 Å². The van der Waals surface area contributed by atoms with Gasteiger partial charge in [-0.1, -0.05) is 37.3 Å². The molecule has 0 aliphatic carbocycles. The molecule has 10 N–H and O–H groups in total. The Balaban J connectivity index is 3.52. The highest BCUT2D eigenvalue weighted by Gasteiger charge is 2.43. The van der Waals surface area contributed by atoms with Crippen molar-refractivity contribution >= 4 is 35.3 Å². The SMILES string of the molecule is [CH2]C(C(=O)[C@H](CC(N)=O)N(C(=O)[C@H](CO)NC(=O)CCC)C(=O)[C@@H](N)CCC(N)=O)C(N)c1ccccc1. The van der Waals surface area contributed by atoms with Crippen LogP contribution in [0.3, 0.4) is 0 Å². The van der Waals surface area contributed by atoms with Gasteiger partial charge in [0, 0.05) is 24.8 Å². The van der Waals surface area contributed by atoms with Gasteiger partial charge in [-0.2, -0.15) is 0 Å². The van der Waals surface area contributed by atoms with E-state index in [9.17, 15) is 33.9 Å². The molecule has 2 unspecified atom stereocenters. The number of nitrogens with two attached hydrogens (primary N) is 4. The number of ketones is 1. The van der Waals surface area contributed by atoms with Gasteiger partial charge in [-0.15, -0.1) is 0 Å². The highest BCUT2D eigenvalue weighted by molar-refractivity contribution is 6.06. The molecule has 0 fully saturated rings. The lowest BCUT2D eigenvalue weighted by molar-refractivity contribution is -0.156. The second-order valence-electron chi connectivity index (χ2n) is 8.84. The van der Waals surface area contributed by atoms with E-state index in [1.165, 1.54) is 0 Å². The Hall–Kier alpha value is -3.68. The normalized spacial score (nSPS) is 14.9. The van der Waals surface area contributed by atoms with E-state index in [-0.39, 0.29) is 19.3 Å². The summed E-state index contributed by atoms with van der Waals surface area (Å²) in [4.78, 5) is 76.2. The molecule has 0 saturated carbocycles. The molecule has 5 amide bonds. The Morgan fingerprint density at radius 1 is 0.974 bits per heavy atom. The van der Waals surface area contributed by atoms with E-state index in [1.54, 1.807) is 37.3 Å². The van der Waals surface area contributed by atoms with Gasteiger partial charge in [0.05, 0.1) is 19.1 Å². The molecule has 0 aliphatic rings. The first-order valence-electron chi connectivity index (χ1n) is 12.1. The molecule has 1 aromatic rings. The predicted octanol–water partition coefficient (Wildman–Crippen LogP) is -1.83. The smallest absolute Gasteiger partial charge is 0.254 e. The predicted molar refractivity (Wildman–Crippen MR) is 137 cm³/mol. The van der Waals surface area contributed by atoms with E-state index < -0.39 is 78.4 Å². The lowest BCUT2D eigenvalue weighted by Gasteiger charge is -2.35. The van der Waals surface area contributed by atoms with Gasteiger partial charge in [-0.3, -0.25) is 33.7 Å². The zero-order valence-corrected chi connectivity index (χ0v) is 21.4. The topological polar surface area (TPSA) is 242 Å². The first kappa shape index (κ1) is 32.3. The van der Waals surface area contributed by atoms with Crippen molar-refractivity contribution in [3.8, 4) is 0 Å². The summed E-state index contributed by atoms with van der Waals surface area (Å²) in [5.41, 5.74) is 23.2. The van der Waals surface area contributed by atoms with Crippen LogP contribution in [0.5, 0.6) is 0 Å². The Morgan fingerprint density at radius 2 is 1.58 bits per heavy atom. The fourth-order valence-electron chi connectivity index (χ4n) is 3.70. The van der Waals surface area contributed by atoms with Crippen molar-refractivity contribution in [1.29, 1.82) is 0 Å². The summed E-state index contributed by atoms with van der Waals surface area (Å²) in [5.74, 6) is -6.85. The molecule has 13 heteroatoms. The number of hydrogen-bond acceptors (Lipinski definition) is 9. The molecule has 1 aromatic carbocycles. The average Bonchev–Trinajstić information content (AvgIpc) is 2.88. The zero-order valence-electron chi connectivity index (χ0n) is 21.4. The van der Waals surface area contributed by atoms with Gasteiger partial charge in [-0.25, -0.2) is 0 Å². The summed E-state index contributed by atoms with van der Waals surface area (Å²) in [5, 5.41) is 12.1. The summed E-state index contributed by atoms with van der Waals surface area (Å²) >= 11 is 0. The van der Waals surface area contributed by atoms with E-state index in [4.69, 9.17) is 22.9 Å². The van der Waals surface area contributed by atoms with E-state index in [1.807, 2.05) is 0 Å². The minimum absolute atomic E-state index is 0.0202. The molecule has 38 heavy (non-hydrogen) atoms. The Morgan fingerprint density at radius 3 is 2.08 bits per heavy atom. The number of aliphatic hydroxyl groups excluding tert-OH is 1. The number of imide groups is 1. The maximum atomic E-state index is 13.6. The third-order valence-electron chi connectivity index (χ3n) is 5.80. The number of nitrogens with zero attached hydrogens (tertiary/aromatic N) is 1. The van der Waals surface area contributed by atoms with Crippen molar-refractivity contribution in [2.45, 2.75) is 63.2 Å². The number of carbonyl (C=O) groups is 6. The maximum absolute atomic E-state index is 13.6. The van der Waals surface area contributed by atoms with E-state index in [2.05, 4.69) is 12.2 Å². The van der Waals surface area contributed by atoms with Crippen LogP contribution in [0.2, 0.25) is 0 Å². The van der Waals surface area contributed by atoms with Crippen LogP contribution >= 0.6 is 0 Å². The van der Waals surface area contributed by atoms with Crippen LogP contribution in [0.1, 0.15) is 50.6 Å². The van der Waals surface area contributed by atoms with E-state index in [0.29, 0.717) is 16.9 Å². The van der Waals surface area contributed by atoms with Gasteiger partial charge in [0.1, 0.15) is 12.1 Å².